The van der Waals surface area contributed by atoms with Gasteiger partial charge in [-0.1, -0.05) is 34.1 Å². The molecule has 0 atom stereocenters. The topological polar surface area (TPSA) is 83.7 Å². The zero-order valence-electron chi connectivity index (χ0n) is 19.1. The first kappa shape index (κ1) is 22.8. The molecule has 35 heavy (non-hydrogen) atoms. The highest BCUT2D eigenvalue weighted by molar-refractivity contribution is 9.10. The van der Waals surface area contributed by atoms with Crippen LogP contribution in [0.25, 0.3) is 5.69 Å². The molecule has 0 radical (unpaired) electrons. The van der Waals surface area contributed by atoms with Gasteiger partial charge in [0, 0.05) is 40.3 Å². The summed E-state index contributed by atoms with van der Waals surface area (Å²) in [5.74, 6) is 1.76. The normalized spacial score (nSPS) is 11.7. The van der Waals surface area contributed by atoms with Gasteiger partial charge in [0.2, 0.25) is 11.8 Å². The van der Waals surface area contributed by atoms with Crippen LogP contribution in [0.4, 0.5) is 5.69 Å². The maximum absolute atomic E-state index is 13.5. The van der Waals surface area contributed by atoms with Gasteiger partial charge in [0.15, 0.2) is 0 Å². The number of hydrogen-bond donors (Lipinski definition) is 1. The van der Waals surface area contributed by atoms with E-state index in [1.165, 1.54) is 4.68 Å². The molecular weight excluding hydrogens is 514 g/mol. The maximum Gasteiger partial charge on any atom is 0.278 e. The predicted octanol–water partition coefficient (Wildman–Crippen LogP) is 4.75. The largest absolute Gasteiger partial charge is 0.497 e. The smallest absolute Gasteiger partial charge is 0.278 e. The van der Waals surface area contributed by atoms with Crippen LogP contribution in [0, 0.1) is 0 Å². The Morgan fingerprint density at radius 3 is 2.43 bits per heavy atom. The van der Waals surface area contributed by atoms with Gasteiger partial charge < -0.3 is 19.5 Å². The minimum absolute atomic E-state index is 0.148. The molecule has 2 heterocycles. The summed E-state index contributed by atoms with van der Waals surface area (Å²) in [7, 11) is 3.08. The fourth-order valence-corrected chi connectivity index (χ4v) is 4.51. The van der Waals surface area contributed by atoms with Crippen LogP contribution in [-0.2, 0) is 17.8 Å². The molecule has 0 aliphatic carbocycles. The number of nitrogens with one attached hydrogen (secondary N) is 1. The summed E-state index contributed by atoms with van der Waals surface area (Å²) in [4.78, 5) is 26.7. The van der Waals surface area contributed by atoms with Gasteiger partial charge in [-0.05, 0) is 30.3 Å². The second kappa shape index (κ2) is 9.34. The quantitative estimate of drug-likeness (QED) is 0.339. The Morgan fingerprint density at radius 1 is 1.03 bits per heavy atom. The van der Waals surface area contributed by atoms with Gasteiger partial charge in [-0.2, -0.15) is 0 Å². The Kier molecular flexibility index (Phi) is 6.08. The average molecular weight is 536 g/mol. The Bertz CT molecular complexity index is 1450. The highest BCUT2D eigenvalue weighted by Gasteiger charge is 2.29. The summed E-state index contributed by atoms with van der Waals surface area (Å²) < 4.78 is 20.7. The number of para-hydroxylation sites is 1. The van der Waals surface area contributed by atoms with Crippen molar-refractivity contribution in [2.45, 2.75) is 13.0 Å². The summed E-state index contributed by atoms with van der Waals surface area (Å²) >= 11 is 3.48. The fraction of sp³-hybridized carbons (Fsp3) is 0.154. The summed E-state index contributed by atoms with van der Waals surface area (Å²) in [5.41, 5.74) is 2.31. The van der Waals surface area contributed by atoms with Crippen molar-refractivity contribution in [1.29, 1.82) is 0 Å². The Balaban J connectivity index is 1.54. The molecule has 8 nitrogen and oxygen atoms in total. The maximum atomic E-state index is 13.5. The molecular formula is C26H22BrN3O5. The Hall–Kier alpha value is -3.98. The van der Waals surface area contributed by atoms with Gasteiger partial charge in [0.05, 0.1) is 25.5 Å². The Labute approximate surface area is 209 Å². The number of hydrogen-bond acceptors (Lipinski definition) is 5. The summed E-state index contributed by atoms with van der Waals surface area (Å²) in [6, 6.07) is 20.0. The van der Waals surface area contributed by atoms with Crippen molar-refractivity contribution in [3.63, 3.8) is 0 Å². The summed E-state index contributed by atoms with van der Waals surface area (Å²) in [6.45, 7) is -0.148. The molecule has 0 fully saturated rings. The van der Waals surface area contributed by atoms with E-state index in [0.29, 0.717) is 46.5 Å². The molecule has 5 rings (SSSR count). The first-order valence-corrected chi connectivity index (χ1v) is 11.7. The number of nitrogens with zero attached hydrogens (tertiary/aromatic N) is 2. The number of ether oxygens (including phenoxy) is 3. The summed E-state index contributed by atoms with van der Waals surface area (Å²) in [6.07, 6.45) is 0.400. The lowest BCUT2D eigenvalue weighted by Crippen LogP contribution is -2.27. The number of amides is 1. The SMILES string of the molecule is COc1cc(NC(=O)Cn2c3c(c(=O)n2-c2ccccc2)Cc2cc(Br)ccc2O3)cc(OC)c1. The second-order valence-corrected chi connectivity index (χ2v) is 8.89. The molecule has 1 aliphatic heterocycles. The third kappa shape index (κ3) is 4.42. The lowest BCUT2D eigenvalue weighted by Gasteiger charge is -2.20. The van der Waals surface area contributed by atoms with Crippen LogP contribution in [0.15, 0.2) is 76.0 Å². The molecule has 0 unspecified atom stereocenters. The predicted molar refractivity (Wildman–Crippen MR) is 135 cm³/mol. The molecule has 4 aromatic rings. The first-order valence-electron chi connectivity index (χ1n) is 10.9. The molecule has 0 bridgehead atoms. The van der Waals surface area contributed by atoms with Gasteiger partial charge in [-0.15, -0.1) is 0 Å². The van der Waals surface area contributed by atoms with Crippen LogP contribution in [0.1, 0.15) is 11.1 Å². The van der Waals surface area contributed by atoms with Crippen molar-refractivity contribution >= 4 is 27.5 Å². The van der Waals surface area contributed by atoms with Gasteiger partial charge in [0.25, 0.3) is 5.56 Å². The van der Waals surface area contributed by atoms with Crippen LogP contribution < -0.4 is 25.1 Å². The van der Waals surface area contributed by atoms with E-state index < -0.39 is 0 Å². The highest BCUT2D eigenvalue weighted by Crippen LogP contribution is 2.37. The van der Waals surface area contributed by atoms with Crippen LogP contribution in [0.5, 0.6) is 23.1 Å². The number of benzene rings is 3. The standard InChI is InChI=1S/C26H22BrN3O5/c1-33-20-12-18(13-21(14-20)34-2)28-24(31)15-29-26-22(11-16-10-17(27)8-9-23(16)35-26)25(32)30(29)19-6-4-3-5-7-19/h3-10,12-14H,11,15H2,1-2H3,(H,28,31). The molecule has 0 saturated heterocycles. The number of methoxy groups -OCH3 is 2. The van der Waals surface area contributed by atoms with Crippen LogP contribution >= 0.6 is 15.9 Å². The third-order valence-corrected chi connectivity index (χ3v) is 6.20. The van der Waals surface area contributed by atoms with Gasteiger partial charge in [0.1, 0.15) is 23.8 Å². The van der Waals surface area contributed by atoms with Crippen molar-refractivity contribution in [2.75, 3.05) is 19.5 Å². The van der Waals surface area contributed by atoms with Crippen molar-refractivity contribution in [3.05, 3.63) is 92.7 Å². The van der Waals surface area contributed by atoms with E-state index in [1.54, 1.807) is 37.1 Å². The Morgan fingerprint density at radius 2 is 1.74 bits per heavy atom. The van der Waals surface area contributed by atoms with E-state index in [4.69, 9.17) is 14.2 Å². The van der Waals surface area contributed by atoms with Crippen molar-refractivity contribution in [1.82, 2.24) is 9.36 Å². The number of aromatic nitrogens is 2. The molecule has 1 amide bonds. The monoisotopic (exact) mass is 535 g/mol. The van der Waals surface area contributed by atoms with Crippen LogP contribution in [0.2, 0.25) is 0 Å². The molecule has 1 aliphatic rings. The summed E-state index contributed by atoms with van der Waals surface area (Å²) in [5, 5.41) is 2.86. The number of halogens is 1. The minimum Gasteiger partial charge on any atom is -0.497 e. The molecule has 3 aromatic carbocycles. The zero-order chi connectivity index (χ0) is 24.5. The van der Waals surface area contributed by atoms with E-state index in [-0.39, 0.29) is 18.0 Å². The van der Waals surface area contributed by atoms with Gasteiger partial charge >= 0.3 is 0 Å². The van der Waals surface area contributed by atoms with E-state index in [9.17, 15) is 9.59 Å². The van der Waals surface area contributed by atoms with Crippen molar-refractivity contribution in [3.8, 4) is 28.8 Å². The number of carbonyl (C=O) groups excluding carboxylic acids is 1. The molecule has 178 valence electrons. The number of anilines is 1. The van der Waals surface area contributed by atoms with Crippen molar-refractivity contribution < 1.29 is 19.0 Å². The van der Waals surface area contributed by atoms with Crippen molar-refractivity contribution in [2.24, 2.45) is 0 Å². The number of carbonyl (C=O) groups is 1. The average Bonchev–Trinajstić information content (AvgIpc) is 3.12. The third-order valence-electron chi connectivity index (χ3n) is 5.71. The lowest BCUT2D eigenvalue weighted by atomic mass is 10.0. The van der Waals surface area contributed by atoms with Gasteiger partial charge in [-0.3, -0.25) is 9.59 Å². The molecule has 0 saturated carbocycles. The van der Waals surface area contributed by atoms with Crippen LogP contribution in [0.3, 0.4) is 0 Å². The minimum atomic E-state index is -0.340. The first-order chi connectivity index (χ1) is 17.0. The van der Waals surface area contributed by atoms with Gasteiger partial charge in [-0.25, -0.2) is 9.36 Å². The second-order valence-electron chi connectivity index (χ2n) is 7.97. The molecule has 1 N–H and O–H groups in total. The zero-order valence-corrected chi connectivity index (χ0v) is 20.7. The fourth-order valence-electron chi connectivity index (χ4n) is 4.11. The van der Waals surface area contributed by atoms with E-state index >= 15 is 0 Å². The van der Waals surface area contributed by atoms with Crippen LogP contribution in [-0.4, -0.2) is 29.5 Å². The molecule has 0 spiro atoms. The number of fused-ring (bicyclic) bond motifs is 2. The molecule has 1 aromatic heterocycles. The van der Waals surface area contributed by atoms with E-state index in [1.807, 2.05) is 48.5 Å². The molecule has 9 heteroatoms. The van der Waals surface area contributed by atoms with E-state index in [2.05, 4.69) is 21.2 Å². The van der Waals surface area contributed by atoms with E-state index in [0.717, 1.165) is 10.0 Å². The highest BCUT2D eigenvalue weighted by atomic mass is 79.9. The number of rotatable bonds is 6. The lowest BCUT2D eigenvalue weighted by molar-refractivity contribution is -0.117.